The highest BCUT2D eigenvalue weighted by Crippen LogP contribution is 2.55. The van der Waals surface area contributed by atoms with Gasteiger partial charge in [-0.05, 0) is 69.3 Å². The molecule has 0 fully saturated rings. The van der Waals surface area contributed by atoms with E-state index in [1.807, 2.05) is 0 Å². The maximum Gasteiger partial charge on any atom is 0.159 e. The first-order chi connectivity index (χ1) is 24.8. The Morgan fingerprint density at radius 2 is 0.780 bits per heavy atom. The van der Waals surface area contributed by atoms with Gasteiger partial charge in [0.1, 0.15) is 5.75 Å². The molecular weight excluding hydrogens is 607 g/mol. The van der Waals surface area contributed by atoms with Crippen molar-refractivity contribution in [1.29, 1.82) is 0 Å². The summed E-state index contributed by atoms with van der Waals surface area (Å²) in [5, 5.41) is 0. The Hall–Kier alpha value is -6.64. The normalized spacial score (nSPS) is 11.4. The molecule has 0 spiro atoms. The van der Waals surface area contributed by atoms with Gasteiger partial charge >= 0.3 is 0 Å². The summed E-state index contributed by atoms with van der Waals surface area (Å²) in [6.07, 6.45) is 0. The maximum atomic E-state index is 7.20. The van der Waals surface area contributed by atoms with Gasteiger partial charge < -0.3 is 9.64 Å². The van der Waals surface area contributed by atoms with Gasteiger partial charge in [-0.2, -0.15) is 0 Å². The van der Waals surface area contributed by atoms with Gasteiger partial charge in [0.05, 0.1) is 11.4 Å². The summed E-state index contributed by atoms with van der Waals surface area (Å²) in [6.45, 7) is 0. The molecule has 1 heterocycles. The number of hydrogen-bond acceptors (Lipinski definition) is 2. The summed E-state index contributed by atoms with van der Waals surface area (Å²) in [4.78, 5) is 2.35. The van der Waals surface area contributed by atoms with E-state index in [4.69, 9.17) is 4.74 Å². The molecule has 236 valence electrons. The standard InChI is InChI=1S/C48H33NO/c1-4-16-34(17-5-1)35-30-32-38(33-31-35)49(44-27-13-12-22-39(44)36-18-6-2-7-19-36)45-28-14-26-43-41-23-10-11-24-42(41)47-40(37-20-8-3-9-21-37)25-15-29-46(47)50-48(43)45/h1-33H. The minimum absolute atomic E-state index is 0.818. The van der Waals surface area contributed by atoms with Crippen molar-refractivity contribution in [3.8, 4) is 67.1 Å². The van der Waals surface area contributed by atoms with Crippen molar-refractivity contribution in [1.82, 2.24) is 0 Å². The van der Waals surface area contributed by atoms with Crippen molar-refractivity contribution in [2.75, 3.05) is 4.90 Å². The Morgan fingerprint density at radius 3 is 1.48 bits per heavy atom. The number of benzene rings is 8. The molecule has 1 aliphatic heterocycles. The van der Waals surface area contributed by atoms with Crippen molar-refractivity contribution < 1.29 is 4.74 Å². The van der Waals surface area contributed by atoms with Crippen LogP contribution in [0.5, 0.6) is 11.5 Å². The van der Waals surface area contributed by atoms with Gasteiger partial charge in [-0.1, -0.05) is 170 Å². The van der Waals surface area contributed by atoms with Crippen LogP contribution in [-0.4, -0.2) is 0 Å². The van der Waals surface area contributed by atoms with E-state index >= 15 is 0 Å². The van der Waals surface area contributed by atoms with Gasteiger partial charge in [0.15, 0.2) is 5.75 Å². The average Bonchev–Trinajstić information content (AvgIpc) is 3.35. The fourth-order valence-electron chi connectivity index (χ4n) is 7.19. The molecule has 0 N–H and O–H groups in total. The largest absolute Gasteiger partial charge is 0.454 e. The molecule has 0 saturated carbocycles. The predicted octanol–water partition coefficient (Wildman–Crippen LogP) is 13.6. The zero-order valence-corrected chi connectivity index (χ0v) is 27.4. The second kappa shape index (κ2) is 12.8. The molecule has 8 aromatic rings. The van der Waals surface area contributed by atoms with E-state index in [0.717, 1.165) is 73.1 Å². The van der Waals surface area contributed by atoms with Crippen LogP contribution in [0.1, 0.15) is 0 Å². The van der Waals surface area contributed by atoms with Crippen LogP contribution in [0, 0.1) is 0 Å². The van der Waals surface area contributed by atoms with Crippen LogP contribution < -0.4 is 9.64 Å². The monoisotopic (exact) mass is 639 g/mol. The van der Waals surface area contributed by atoms with Crippen LogP contribution >= 0.6 is 0 Å². The fraction of sp³-hybridized carbons (Fsp3) is 0. The highest BCUT2D eigenvalue weighted by atomic mass is 16.5. The molecule has 50 heavy (non-hydrogen) atoms. The van der Waals surface area contributed by atoms with Gasteiger partial charge in [0.2, 0.25) is 0 Å². The Morgan fingerprint density at radius 1 is 0.300 bits per heavy atom. The van der Waals surface area contributed by atoms with E-state index in [-0.39, 0.29) is 0 Å². The molecule has 0 aliphatic carbocycles. The number of anilines is 3. The minimum atomic E-state index is 0.818. The SMILES string of the molecule is c1ccc(-c2ccc(N(c3ccccc3-c3ccccc3)c3cccc4c3Oc3cccc(-c5ccccc5)c3-c3ccccc3-4)cc2)cc1. The average molecular weight is 640 g/mol. The van der Waals surface area contributed by atoms with Crippen LogP contribution in [-0.2, 0) is 0 Å². The highest BCUT2D eigenvalue weighted by molar-refractivity contribution is 6.00. The van der Waals surface area contributed by atoms with E-state index in [2.05, 4.69) is 205 Å². The van der Waals surface area contributed by atoms with E-state index in [9.17, 15) is 0 Å². The van der Waals surface area contributed by atoms with Crippen molar-refractivity contribution >= 4 is 17.1 Å². The Labute approximate surface area is 293 Å². The third-order valence-corrected chi connectivity index (χ3v) is 9.51. The molecule has 9 rings (SSSR count). The quantitative estimate of drug-likeness (QED) is 0.179. The molecule has 1 aliphatic rings. The number of nitrogens with zero attached hydrogens (tertiary/aromatic N) is 1. The van der Waals surface area contributed by atoms with Gasteiger partial charge in [-0.15, -0.1) is 0 Å². The van der Waals surface area contributed by atoms with Crippen LogP contribution in [0.15, 0.2) is 200 Å². The minimum Gasteiger partial charge on any atom is -0.454 e. The molecular formula is C48H33NO. The lowest BCUT2D eigenvalue weighted by Gasteiger charge is -2.30. The zero-order valence-electron chi connectivity index (χ0n) is 27.4. The lowest BCUT2D eigenvalue weighted by molar-refractivity contribution is 0.489. The molecule has 0 amide bonds. The molecule has 2 heteroatoms. The summed E-state index contributed by atoms with van der Waals surface area (Å²) in [5.41, 5.74) is 14.5. The summed E-state index contributed by atoms with van der Waals surface area (Å²) < 4.78 is 7.20. The molecule has 0 radical (unpaired) electrons. The fourth-order valence-corrected chi connectivity index (χ4v) is 7.19. The lowest BCUT2D eigenvalue weighted by atomic mass is 9.89. The first-order valence-electron chi connectivity index (χ1n) is 17.0. The lowest BCUT2D eigenvalue weighted by Crippen LogP contribution is -2.12. The van der Waals surface area contributed by atoms with Crippen LogP contribution in [0.2, 0.25) is 0 Å². The van der Waals surface area contributed by atoms with Crippen molar-refractivity contribution in [2.45, 2.75) is 0 Å². The van der Waals surface area contributed by atoms with Crippen LogP contribution in [0.25, 0.3) is 55.6 Å². The van der Waals surface area contributed by atoms with E-state index in [1.165, 1.54) is 11.1 Å². The molecule has 0 atom stereocenters. The molecule has 2 nitrogen and oxygen atoms in total. The first-order valence-corrected chi connectivity index (χ1v) is 17.0. The Kier molecular flexibility index (Phi) is 7.53. The van der Waals surface area contributed by atoms with Gasteiger partial charge in [0.25, 0.3) is 0 Å². The molecule has 0 saturated heterocycles. The number of fused-ring (bicyclic) bond motifs is 5. The van der Waals surface area contributed by atoms with E-state index in [0.29, 0.717) is 0 Å². The Bertz CT molecular complexity index is 2430. The first kappa shape index (κ1) is 29.5. The van der Waals surface area contributed by atoms with E-state index < -0.39 is 0 Å². The topological polar surface area (TPSA) is 12.5 Å². The summed E-state index contributed by atoms with van der Waals surface area (Å²) in [5.74, 6) is 1.65. The van der Waals surface area contributed by atoms with Crippen molar-refractivity contribution in [2.24, 2.45) is 0 Å². The third-order valence-electron chi connectivity index (χ3n) is 9.51. The predicted molar refractivity (Wildman–Crippen MR) is 208 cm³/mol. The number of ether oxygens (including phenoxy) is 1. The van der Waals surface area contributed by atoms with Crippen molar-refractivity contribution in [3.05, 3.63) is 200 Å². The number of rotatable bonds is 6. The second-order valence-corrected chi connectivity index (χ2v) is 12.5. The van der Waals surface area contributed by atoms with Crippen molar-refractivity contribution in [3.63, 3.8) is 0 Å². The second-order valence-electron chi connectivity index (χ2n) is 12.5. The summed E-state index contributed by atoms with van der Waals surface area (Å²) >= 11 is 0. The van der Waals surface area contributed by atoms with Gasteiger partial charge in [-0.3, -0.25) is 0 Å². The Balaban J connectivity index is 1.29. The van der Waals surface area contributed by atoms with E-state index in [1.54, 1.807) is 0 Å². The summed E-state index contributed by atoms with van der Waals surface area (Å²) in [6, 6.07) is 70.8. The van der Waals surface area contributed by atoms with Crippen LogP contribution in [0.4, 0.5) is 17.1 Å². The summed E-state index contributed by atoms with van der Waals surface area (Å²) in [7, 11) is 0. The number of para-hydroxylation sites is 2. The van der Waals surface area contributed by atoms with Gasteiger partial charge in [-0.25, -0.2) is 0 Å². The maximum absolute atomic E-state index is 7.20. The molecule has 0 unspecified atom stereocenters. The molecule has 8 aromatic carbocycles. The van der Waals surface area contributed by atoms with Crippen LogP contribution in [0.3, 0.4) is 0 Å². The molecule has 0 aromatic heterocycles. The van der Waals surface area contributed by atoms with Gasteiger partial charge in [0, 0.05) is 22.4 Å². The smallest absolute Gasteiger partial charge is 0.159 e. The highest BCUT2D eigenvalue weighted by Gasteiger charge is 2.28. The third kappa shape index (κ3) is 5.24. The zero-order chi connectivity index (χ0) is 33.3. The number of hydrogen-bond donors (Lipinski definition) is 0. The molecule has 0 bridgehead atoms.